The summed E-state index contributed by atoms with van der Waals surface area (Å²) in [5.74, 6) is 2.36. The molecule has 0 aliphatic carbocycles. The minimum Gasteiger partial charge on any atom is -0.496 e. The van der Waals surface area contributed by atoms with E-state index in [4.69, 9.17) is 28.3 Å². The molecule has 0 fully saturated rings. The molecule has 0 unspecified atom stereocenters. The van der Waals surface area contributed by atoms with Gasteiger partial charge < -0.3 is 23.1 Å². The molecular formula is C20H26N2O7S. The monoisotopic (exact) mass is 438 g/mol. The molecule has 164 valence electrons. The first kappa shape index (κ1) is 22.0. The molecule has 1 aliphatic heterocycles. The van der Waals surface area contributed by atoms with Crippen LogP contribution >= 0.6 is 0 Å². The van der Waals surface area contributed by atoms with Crippen LogP contribution in [-0.4, -0.2) is 48.3 Å². The summed E-state index contributed by atoms with van der Waals surface area (Å²) in [6.45, 7) is 2.06. The zero-order valence-corrected chi connectivity index (χ0v) is 18.2. The molecular weight excluding hydrogens is 412 g/mol. The van der Waals surface area contributed by atoms with Crippen molar-refractivity contribution >= 4 is 10.3 Å². The van der Waals surface area contributed by atoms with Gasteiger partial charge in [0.15, 0.2) is 23.0 Å². The SMILES string of the molecule is COc1cc(OC)c(OC)cc1CN1CCc2cc(OS(N)(=O)=O)c(OC)cc2C1. The molecule has 0 aromatic heterocycles. The van der Waals surface area contributed by atoms with Gasteiger partial charge in [0, 0.05) is 31.3 Å². The van der Waals surface area contributed by atoms with E-state index in [1.165, 1.54) is 7.11 Å². The summed E-state index contributed by atoms with van der Waals surface area (Å²) in [6.07, 6.45) is 0.718. The molecule has 0 saturated heterocycles. The van der Waals surface area contributed by atoms with E-state index in [9.17, 15) is 8.42 Å². The van der Waals surface area contributed by atoms with Crippen molar-refractivity contribution in [1.29, 1.82) is 0 Å². The molecule has 3 rings (SSSR count). The Balaban J connectivity index is 1.85. The number of methoxy groups -OCH3 is 4. The Labute approximate surface area is 176 Å². The molecule has 0 bridgehead atoms. The third kappa shape index (κ3) is 4.89. The molecule has 30 heavy (non-hydrogen) atoms. The maximum absolute atomic E-state index is 11.3. The van der Waals surface area contributed by atoms with Gasteiger partial charge in [-0.1, -0.05) is 0 Å². The van der Waals surface area contributed by atoms with Gasteiger partial charge in [-0.25, -0.2) is 0 Å². The Morgan fingerprint density at radius 2 is 1.40 bits per heavy atom. The zero-order chi connectivity index (χ0) is 21.9. The summed E-state index contributed by atoms with van der Waals surface area (Å²) in [6, 6.07) is 7.18. The van der Waals surface area contributed by atoms with Crippen LogP contribution in [0.4, 0.5) is 0 Å². The molecule has 2 N–H and O–H groups in total. The maximum Gasteiger partial charge on any atom is 0.380 e. The summed E-state index contributed by atoms with van der Waals surface area (Å²) in [5.41, 5.74) is 2.99. The number of rotatable bonds is 8. The highest BCUT2D eigenvalue weighted by atomic mass is 32.2. The Morgan fingerprint density at radius 1 is 0.833 bits per heavy atom. The molecule has 2 aromatic carbocycles. The first-order valence-electron chi connectivity index (χ1n) is 9.21. The molecule has 0 amide bonds. The highest BCUT2D eigenvalue weighted by Crippen LogP contribution is 2.37. The molecule has 2 aromatic rings. The lowest BCUT2D eigenvalue weighted by Gasteiger charge is -2.30. The Kier molecular flexibility index (Phi) is 6.59. The van der Waals surface area contributed by atoms with E-state index < -0.39 is 10.3 Å². The first-order valence-corrected chi connectivity index (χ1v) is 10.7. The van der Waals surface area contributed by atoms with E-state index in [1.54, 1.807) is 33.5 Å². The van der Waals surface area contributed by atoms with Gasteiger partial charge in [0.2, 0.25) is 0 Å². The van der Waals surface area contributed by atoms with Crippen molar-refractivity contribution < 1.29 is 31.5 Å². The van der Waals surface area contributed by atoms with Crippen LogP contribution in [0.15, 0.2) is 24.3 Å². The maximum atomic E-state index is 11.3. The molecule has 1 aliphatic rings. The van der Waals surface area contributed by atoms with E-state index in [0.717, 1.165) is 29.7 Å². The summed E-state index contributed by atoms with van der Waals surface area (Å²) in [4.78, 5) is 2.26. The minimum absolute atomic E-state index is 0.0914. The molecule has 1 heterocycles. The highest BCUT2D eigenvalue weighted by Gasteiger charge is 2.23. The predicted octanol–water partition coefficient (Wildman–Crippen LogP) is 1.86. The minimum atomic E-state index is -4.13. The number of nitrogens with zero attached hydrogens (tertiary/aromatic N) is 1. The lowest BCUT2D eigenvalue weighted by molar-refractivity contribution is 0.240. The third-order valence-corrected chi connectivity index (χ3v) is 5.38. The third-order valence-electron chi connectivity index (χ3n) is 4.96. The largest absolute Gasteiger partial charge is 0.496 e. The molecule has 0 saturated carbocycles. The van der Waals surface area contributed by atoms with Crippen molar-refractivity contribution in [1.82, 2.24) is 4.90 Å². The number of fused-ring (bicyclic) bond motifs is 1. The fraction of sp³-hybridized carbons (Fsp3) is 0.400. The number of hydrogen-bond acceptors (Lipinski definition) is 8. The van der Waals surface area contributed by atoms with E-state index in [2.05, 4.69) is 4.90 Å². The van der Waals surface area contributed by atoms with Gasteiger partial charge in [-0.15, -0.1) is 0 Å². The predicted molar refractivity (Wildman–Crippen MR) is 111 cm³/mol. The average Bonchev–Trinajstić information content (AvgIpc) is 2.71. The van der Waals surface area contributed by atoms with Crippen LogP contribution in [0.2, 0.25) is 0 Å². The fourth-order valence-corrected chi connectivity index (χ4v) is 3.94. The quantitative estimate of drug-likeness (QED) is 0.665. The number of hydrogen-bond donors (Lipinski definition) is 1. The number of nitrogens with two attached hydrogens (primary N) is 1. The second-order valence-electron chi connectivity index (χ2n) is 6.83. The standard InChI is InChI=1S/C20H26N2O7S/c1-25-16-10-19(28-4)17(26-2)9-15(16)12-22-6-5-13-7-20(29-30(21,23)24)18(27-3)8-14(13)11-22/h7-10H,5-6,11-12H2,1-4H3,(H2,21,23,24). The zero-order valence-electron chi connectivity index (χ0n) is 17.4. The molecule has 0 radical (unpaired) electrons. The summed E-state index contributed by atoms with van der Waals surface area (Å²) >= 11 is 0. The fourth-order valence-electron chi connectivity index (χ4n) is 3.56. The van der Waals surface area contributed by atoms with E-state index in [0.29, 0.717) is 36.1 Å². The Hall–Kier alpha value is -2.69. The van der Waals surface area contributed by atoms with Gasteiger partial charge in [-0.3, -0.25) is 4.90 Å². The smallest absolute Gasteiger partial charge is 0.380 e. The average molecular weight is 439 g/mol. The van der Waals surface area contributed by atoms with E-state index >= 15 is 0 Å². The lowest BCUT2D eigenvalue weighted by atomic mass is 9.98. The van der Waals surface area contributed by atoms with Crippen molar-refractivity contribution in [3.8, 4) is 28.7 Å². The second-order valence-corrected chi connectivity index (χ2v) is 7.98. The normalized spacial score (nSPS) is 14.0. The van der Waals surface area contributed by atoms with Crippen molar-refractivity contribution in [2.24, 2.45) is 5.14 Å². The van der Waals surface area contributed by atoms with Crippen LogP contribution in [0.3, 0.4) is 0 Å². The molecule has 9 nitrogen and oxygen atoms in total. The van der Waals surface area contributed by atoms with Crippen LogP contribution in [0.5, 0.6) is 28.7 Å². The van der Waals surface area contributed by atoms with Crippen LogP contribution in [-0.2, 0) is 29.8 Å². The summed E-state index contributed by atoms with van der Waals surface area (Å²) < 4.78 is 49.1. The van der Waals surface area contributed by atoms with Crippen molar-refractivity contribution in [2.75, 3.05) is 35.0 Å². The van der Waals surface area contributed by atoms with Crippen molar-refractivity contribution in [3.05, 3.63) is 41.0 Å². The topological polar surface area (TPSA) is 110 Å². The Bertz CT molecular complexity index is 1020. The van der Waals surface area contributed by atoms with Crippen LogP contribution in [0.25, 0.3) is 0 Å². The second kappa shape index (κ2) is 8.99. The Morgan fingerprint density at radius 3 is 2.00 bits per heavy atom. The van der Waals surface area contributed by atoms with Gasteiger partial charge in [0.1, 0.15) is 5.75 Å². The van der Waals surface area contributed by atoms with Gasteiger partial charge in [-0.2, -0.15) is 13.6 Å². The molecule has 0 atom stereocenters. The molecule has 0 spiro atoms. The van der Waals surface area contributed by atoms with Crippen LogP contribution in [0, 0.1) is 0 Å². The number of ether oxygens (including phenoxy) is 4. The van der Waals surface area contributed by atoms with Gasteiger partial charge in [-0.05, 0) is 35.7 Å². The van der Waals surface area contributed by atoms with Crippen LogP contribution in [0.1, 0.15) is 16.7 Å². The van der Waals surface area contributed by atoms with E-state index in [1.807, 2.05) is 12.1 Å². The van der Waals surface area contributed by atoms with Gasteiger partial charge in [0.05, 0.1) is 28.4 Å². The number of benzene rings is 2. The lowest BCUT2D eigenvalue weighted by Crippen LogP contribution is -2.30. The van der Waals surface area contributed by atoms with Gasteiger partial charge >= 0.3 is 10.3 Å². The van der Waals surface area contributed by atoms with Crippen molar-refractivity contribution in [3.63, 3.8) is 0 Å². The first-order chi connectivity index (χ1) is 14.3. The summed E-state index contributed by atoms with van der Waals surface area (Å²) in [5, 5.41) is 5.00. The van der Waals surface area contributed by atoms with E-state index in [-0.39, 0.29) is 5.75 Å². The van der Waals surface area contributed by atoms with Crippen molar-refractivity contribution in [2.45, 2.75) is 19.5 Å². The highest BCUT2D eigenvalue weighted by molar-refractivity contribution is 7.84. The molecule has 10 heteroatoms. The van der Waals surface area contributed by atoms with Crippen LogP contribution < -0.4 is 28.3 Å². The van der Waals surface area contributed by atoms with Gasteiger partial charge in [0.25, 0.3) is 0 Å². The summed E-state index contributed by atoms with van der Waals surface area (Å²) in [7, 11) is 2.12.